The normalized spacial score (nSPS) is 22.8. The summed E-state index contributed by atoms with van der Waals surface area (Å²) in [7, 11) is 0. The van der Waals surface area contributed by atoms with E-state index < -0.39 is 0 Å². The van der Waals surface area contributed by atoms with E-state index in [1.54, 1.807) is 18.6 Å². The molecule has 5 nitrogen and oxygen atoms in total. The zero-order valence-electron chi connectivity index (χ0n) is 10.4. The first-order valence-electron chi connectivity index (χ1n) is 6.18. The Labute approximate surface area is 118 Å². The summed E-state index contributed by atoms with van der Waals surface area (Å²) in [6.07, 6.45) is 7.79. The Morgan fingerprint density at radius 2 is 2.26 bits per heavy atom. The van der Waals surface area contributed by atoms with Crippen molar-refractivity contribution in [1.82, 2.24) is 19.9 Å². The molecule has 3 heterocycles. The van der Waals surface area contributed by atoms with Crippen molar-refractivity contribution in [2.75, 3.05) is 13.1 Å². The minimum Gasteiger partial charge on any atom is -0.390 e. The minimum atomic E-state index is -0.372. The fourth-order valence-electron chi connectivity index (χ4n) is 2.45. The third-order valence-corrected chi connectivity index (χ3v) is 3.36. The van der Waals surface area contributed by atoms with Gasteiger partial charge in [-0.25, -0.2) is 4.98 Å². The maximum Gasteiger partial charge on any atom is 0.141 e. The maximum atomic E-state index is 10.1. The molecule has 2 atom stereocenters. The van der Waals surface area contributed by atoms with Crippen LogP contribution in [0.3, 0.4) is 0 Å². The van der Waals surface area contributed by atoms with E-state index in [1.165, 1.54) is 0 Å². The number of β-amino-alcohol motifs (C(OH)–C–C–N with tert-alkyl or cyclic N) is 1. The summed E-state index contributed by atoms with van der Waals surface area (Å²) in [5.74, 6) is 0.869. The molecule has 0 saturated carbocycles. The van der Waals surface area contributed by atoms with E-state index in [0.717, 1.165) is 24.4 Å². The third kappa shape index (κ3) is 2.78. The smallest absolute Gasteiger partial charge is 0.141 e. The van der Waals surface area contributed by atoms with Gasteiger partial charge < -0.3 is 15.0 Å². The second kappa shape index (κ2) is 6.14. The van der Waals surface area contributed by atoms with Gasteiger partial charge in [0.1, 0.15) is 5.82 Å². The molecule has 0 radical (unpaired) electrons. The van der Waals surface area contributed by atoms with Crippen LogP contribution in [0, 0.1) is 0 Å². The Hall–Kier alpha value is -1.43. The number of piperidine rings is 1. The molecule has 2 N–H and O–H groups in total. The van der Waals surface area contributed by atoms with Gasteiger partial charge in [-0.3, -0.25) is 4.98 Å². The Morgan fingerprint density at radius 1 is 1.37 bits per heavy atom. The molecule has 0 aromatic carbocycles. The lowest BCUT2D eigenvalue weighted by Gasteiger charge is -2.30. The average molecular weight is 281 g/mol. The number of hydrogen-bond acceptors (Lipinski definition) is 4. The van der Waals surface area contributed by atoms with Gasteiger partial charge in [0.25, 0.3) is 0 Å². The lowest BCUT2D eigenvalue weighted by molar-refractivity contribution is 0.0880. The standard InChI is InChI=1S/C13H16N4O.ClH/c18-12-9-15-5-3-11(12)17-7-6-16-13(17)10-2-1-4-14-8-10;/h1-2,4,6-8,11-12,15,18H,3,5,9H2;1H/t11-,12-;/m0./s1. The molecular weight excluding hydrogens is 264 g/mol. The van der Waals surface area contributed by atoms with Gasteiger partial charge in [-0.05, 0) is 25.1 Å². The Balaban J connectivity index is 0.00000133. The Morgan fingerprint density at radius 3 is 3.00 bits per heavy atom. The SMILES string of the molecule is Cl.O[C@H]1CNCC[C@@H]1n1ccnc1-c1cccnc1. The van der Waals surface area contributed by atoms with E-state index in [2.05, 4.69) is 19.9 Å². The van der Waals surface area contributed by atoms with E-state index in [0.29, 0.717) is 6.54 Å². The van der Waals surface area contributed by atoms with Gasteiger partial charge >= 0.3 is 0 Å². The largest absolute Gasteiger partial charge is 0.390 e. The number of halogens is 1. The van der Waals surface area contributed by atoms with Crippen LogP contribution in [0.1, 0.15) is 12.5 Å². The zero-order valence-corrected chi connectivity index (χ0v) is 11.3. The second-order valence-corrected chi connectivity index (χ2v) is 4.53. The number of nitrogens with one attached hydrogen (secondary N) is 1. The van der Waals surface area contributed by atoms with Gasteiger partial charge in [0, 0.05) is 36.9 Å². The van der Waals surface area contributed by atoms with Crippen LogP contribution in [0.25, 0.3) is 11.4 Å². The van der Waals surface area contributed by atoms with Crippen LogP contribution in [0.2, 0.25) is 0 Å². The van der Waals surface area contributed by atoms with Crippen molar-refractivity contribution in [3.8, 4) is 11.4 Å². The van der Waals surface area contributed by atoms with Crippen molar-refractivity contribution < 1.29 is 5.11 Å². The van der Waals surface area contributed by atoms with Crippen molar-refractivity contribution in [2.45, 2.75) is 18.6 Å². The summed E-state index contributed by atoms with van der Waals surface area (Å²) in [6, 6.07) is 3.97. The lowest BCUT2D eigenvalue weighted by Crippen LogP contribution is -2.41. The highest BCUT2D eigenvalue weighted by atomic mass is 35.5. The summed E-state index contributed by atoms with van der Waals surface area (Å²) >= 11 is 0. The molecule has 0 amide bonds. The fourth-order valence-corrected chi connectivity index (χ4v) is 2.45. The van der Waals surface area contributed by atoms with Crippen LogP contribution >= 0.6 is 12.4 Å². The van der Waals surface area contributed by atoms with Crippen LogP contribution in [-0.4, -0.2) is 38.8 Å². The number of nitrogens with zero attached hydrogens (tertiary/aromatic N) is 3. The Kier molecular flexibility index (Phi) is 4.52. The first-order chi connectivity index (χ1) is 8.86. The second-order valence-electron chi connectivity index (χ2n) is 4.53. The van der Waals surface area contributed by atoms with Gasteiger partial charge in [-0.2, -0.15) is 0 Å². The number of pyridine rings is 1. The molecule has 2 aromatic rings. The maximum absolute atomic E-state index is 10.1. The van der Waals surface area contributed by atoms with Crippen molar-refractivity contribution in [3.63, 3.8) is 0 Å². The van der Waals surface area contributed by atoms with E-state index in [4.69, 9.17) is 0 Å². The quantitative estimate of drug-likeness (QED) is 0.869. The molecule has 1 aliphatic heterocycles. The van der Waals surface area contributed by atoms with Crippen LogP contribution < -0.4 is 5.32 Å². The van der Waals surface area contributed by atoms with Crippen molar-refractivity contribution in [3.05, 3.63) is 36.9 Å². The monoisotopic (exact) mass is 280 g/mol. The van der Waals surface area contributed by atoms with E-state index in [9.17, 15) is 5.11 Å². The van der Waals surface area contributed by atoms with Crippen LogP contribution in [-0.2, 0) is 0 Å². The van der Waals surface area contributed by atoms with E-state index in [-0.39, 0.29) is 24.6 Å². The molecule has 6 heteroatoms. The minimum absolute atomic E-state index is 0. The zero-order chi connectivity index (χ0) is 12.4. The van der Waals surface area contributed by atoms with Crippen molar-refractivity contribution >= 4 is 12.4 Å². The molecule has 0 unspecified atom stereocenters. The molecule has 1 fully saturated rings. The summed E-state index contributed by atoms with van der Waals surface area (Å²) in [4.78, 5) is 8.51. The van der Waals surface area contributed by atoms with Crippen molar-refractivity contribution in [1.29, 1.82) is 0 Å². The molecule has 1 aliphatic rings. The van der Waals surface area contributed by atoms with Crippen LogP contribution in [0.15, 0.2) is 36.9 Å². The first kappa shape index (κ1) is 14.0. The topological polar surface area (TPSA) is 63.0 Å². The fraction of sp³-hybridized carbons (Fsp3) is 0.385. The van der Waals surface area contributed by atoms with Gasteiger partial charge in [0.15, 0.2) is 0 Å². The van der Waals surface area contributed by atoms with Crippen molar-refractivity contribution in [2.24, 2.45) is 0 Å². The van der Waals surface area contributed by atoms with E-state index in [1.807, 2.05) is 18.3 Å². The third-order valence-electron chi connectivity index (χ3n) is 3.36. The van der Waals surface area contributed by atoms with Gasteiger partial charge in [-0.1, -0.05) is 0 Å². The van der Waals surface area contributed by atoms with Gasteiger partial charge in [0.05, 0.1) is 12.1 Å². The number of hydrogen-bond donors (Lipinski definition) is 2. The lowest BCUT2D eigenvalue weighted by atomic mass is 10.0. The molecular formula is C13H17ClN4O. The highest BCUT2D eigenvalue weighted by Crippen LogP contribution is 2.25. The summed E-state index contributed by atoms with van der Waals surface area (Å²) in [6.45, 7) is 1.56. The number of aromatic nitrogens is 3. The average Bonchev–Trinajstić information content (AvgIpc) is 2.89. The molecule has 1 saturated heterocycles. The number of aliphatic hydroxyl groups excluding tert-OH is 1. The summed E-state index contributed by atoms with van der Waals surface area (Å²) in [5, 5.41) is 13.3. The molecule has 19 heavy (non-hydrogen) atoms. The highest BCUT2D eigenvalue weighted by Gasteiger charge is 2.26. The molecule has 3 rings (SSSR count). The molecule has 2 aromatic heterocycles. The predicted molar refractivity (Wildman–Crippen MR) is 75.2 cm³/mol. The summed E-state index contributed by atoms with van der Waals surface area (Å²) in [5.41, 5.74) is 0.980. The molecule has 0 spiro atoms. The first-order valence-corrected chi connectivity index (χ1v) is 6.18. The van der Waals surface area contributed by atoms with Gasteiger partial charge in [0.2, 0.25) is 0 Å². The highest BCUT2D eigenvalue weighted by molar-refractivity contribution is 5.85. The predicted octanol–water partition coefficient (Wildman–Crippen LogP) is 1.26. The molecule has 102 valence electrons. The Bertz CT molecular complexity index is 516. The van der Waals surface area contributed by atoms with E-state index >= 15 is 0 Å². The van der Waals surface area contributed by atoms with Gasteiger partial charge in [-0.15, -0.1) is 12.4 Å². The molecule has 0 bridgehead atoms. The number of aliphatic hydroxyl groups is 1. The number of rotatable bonds is 2. The molecule has 0 aliphatic carbocycles. The number of imidazole rings is 1. The van der Waals surface area contributed by atoms with Crippen LogP contribution in [0.5, 0.6) is 0 Å². The summed E-state index contributed by atoms with van der Waals surface area (Å²) < 4.78 is 2.06. The van der Waals surface area contributed by atoms with Crippen LogP contribution in [0.4, 0.5) is 0 Å².